The van der Waals surface area contributed by atoms with Gasteiger partial charge in [-0.3, -0.25) is 4.98 Å². The number of rotatable bonds is 8. The second-order valence-corrected chi connectivity index (χ2v) is 5.48. The second kappa shape index (κ2) is 7.93. The van der Waals surface area contributed by atoms with Crippen molar-refractivity contribution < 1.29 is 0 Å². The molecule has 4 nitrogen and oxygen atoms in total. The molecular weight excluding hydrogens is 260 g/mol. The smallest absolute Gasteiger partial charge is 0.110 e. The first-order valence-corrected chi connectivity index (χ1v) is 7.90. The molecular formula is C17H26N4. The molecule has 0 aliphatic rings. The van der Waals surface area contributed by atoms with E-state index in [2.05, 4.69) is 52.0 Å². The number of pyridine rings is 1. The third-order valence-electron chi connectivity index (χ3n) is 3.62. The van der Waals surface area contributed by atoms with Crippen molar-refractivity contribution in [2.45, 2.75) is 52.6 Å². The maximum Gasteiger partial charge on any atom is 0.110 e. The van der Waals surface area contributed by atoms with E-state index in [1.807, 2.05) is 19.3 Å². The van der Waals surface area contributed by atoms with Gasteiger partial charge in [0.2, 0.25) is 0 Å². The number of aryl methyl sites for hydroxylation is 2. The zero-order valence-electron chi connectivity index (χ0n) is 13.3. The summed E-state index contributed by atoms with van der Waals surface area (Å²) in [5.74, 6) is 1.15. The van der Waals surface area contributed by atoms with Gasteiger partial charge in [-0.2, -0.15) is 0 Å². The molecule has 0 aromatic carbocycles. The minimum atomic E-state index is 0.296. The van der Waals surface area contributed by atoms with Gasteiger partial charge in [-0.05, 0) is 44.0 Å². The fourth-order valence-electron chi connectivity index (χ4n) is 2.57. The molecule has 0 spiro atoms. The lowest BCUT2D eigenvalue weighted by Crippen LogP contribution is -2.25. The van der Waals surface area contributed by atoms with E-state index in [1.54, 1.807) is 0 Å². The summed E-state index contributed by atoms with van der Waals surface area (Å²) in [4.78, 5) is 8.84. The number of nitrogens with one attached hydrogen (secondary N) is 1. The Morgan fingerprint density at radius 1 is 1.19 bits per heavy atom. The molecule has 0 fully saturated rings. The third-order valence-corrected chi connectivity index (χ3v) is 3.62. The maximum absolute atomic E-state index is 4.54. The van der Waals surface area contributed by atoms with Crippen LogP contribution in [0.25, 0.3) is 0 Å². The van der Waals surface area contributed by atoms with Crippen molar-refractivity contribution in [2.24, 2.45) is 0 Å². The number of imidazole rings is 1. The number of hydrogen-bond donors (Lipinski definition) is 1. The zero-order chi connectivity index (χ0) is 15.1. The summed E-state index contributed by atoms with van der Waals surface area (Å²) in [7, 11) is 0. The van der Waals surface area contributed by atoms with Crippen molar-refractivity contribution in [1.82, 2.24) is 19.9 Å². The van der Waals surface area contributed by atoms with Gasteiger partial charge in [0.1, 0.15) is 5.82 Å². The van der Waals surface area contributed by atoms with Crippen LogP contribution in [0.1, 0.15) is 49.8 Å². The van der Waals surface area contributed by atoms with Gasteiger partial charge in [-0.15, -0.1) is 0 Å². The first-order valence-electron chi connectivity index (χ1n) is 7.90. The van der Waals surface area contributed by atoms with Crippen molar-refractivity contribution in [1.29, 1.82) is 0 Å². The SMILES string of the molecule is CCCNC(Cc1nccn1CCC)c1ccnc(C)c1. The standard InChI is InChI=1S/C17H26N4/c1-4-7-19-16(15-6-8-18-14(3)12-15)13-17-20-9-11-21(17)10-5-2/h6,8-9,11-12,16,19H,4-5,7,10,13H2,1-3H3. The maximum atomic E-state index is 4.54. The topological polar surface area (TPSA) is 42.7 Å². The highest BCUT2D eigenvalue weighted by molar-refractivity contribution is 5.21. The summed E-state index contributed by atoms with van der Waals surface area (Å²) in [5, 5.41) is 3.64. The molecule has 2 rings (SSSR count). The Kier molecular flexibility index (Phi) is 5.93. The molecule has 0 amide bonds. The van der Waals surface area contributed by atoms with Gasteiger partial charge >= 0.3 is 0 Å². The van der Waals surface area contributed by atoms with Crippen molar-refractivity contribution >= 4 is 0 Å². The lowest BCUT2D eigenvalue weighted by molar-refractivity contribution is 0.501. The van der Waals surface area contributed by atoms with E-state index >= 15 is 0 Å². The molecule has 0 bridgehead atoms. The highest BCUT2D eigenvalue weighted by Gasteiger charge is 2.15. The molecule has 2 heterocycles. The van der Waals surface area contributed by atoms with E-state index in [0.717, 1.165) is 43.9 Å². The van der Waals surface area contributed by atoms with E-state index in [9.17, 15) is 0 Å². The summed E-state index contributed by atoms with van der Waals surface area (Å²) in [5.41, 5.74) is 2.36. The molecule has 0 saturated heterocycles. The largest absolute Gasteiger partial charge is 0.335 e. The minimum absolute atomic E-state index is 0.296. The molecule has 1 atom stereocenters. The number of aromatic nitrogens is 3. The van der Waals surface area contributed by atoms with Gasteiger partial charge in [0, 0.05) is 43.3 Å². The fraction of sp³-hybridized carbons (Fsp3) is 0.529. The number of hydrogen-bond acceptors (Lipinski definition) is 3. The van der Waals surface area contributed by atoms with Crippen molar-refractivity contribution in [3.8, 4) is 0 Å². The van der Waals surface area contributed by atoms with Gasteiger partial charge in [-0.1, -0.05) is 13.8 Å². The van der Waals surface area contributed by atoms with Gasteiger partial charge in [0.15, 0.2) is 0 Å². The zero-order valence-corrected chi connectivity index (χ0v) is 13.3. The van der Waals surface area contributed by atoms with Crippen LogP contribution in [0.4, 0.5) is 0 Å². The highest BCUT2D eigenvalue weighted by Crippen LogP contribution is 2.18. The predicted octanol–water partition coefficient (Wildman–Crippen LogP) is 3.28. The van der Waals surface area contributed by atoms with Crippen molar-refractivity contribution in [3.63, 3.8) is 0 Å². The van der Waals surface area contributed by atoms with Crippen LogP contribution in [0, 0.1) is 6.92 Å². The van der Waals surface area contributed by atoms with Gasteiger partial charge in [0.25, 0.3) is 0 Å². The molecule has 1 unspecified atom stereocenters. The summed E-state index contributed by atoms with van der Waals surface area (Å²) >= 11 is 0. The van der Waals surface area contributed by atoms with Crippen LogP contribution in [-0.2, 0) is 13.0 Å². The van der Waals surface area contributed by atoms with E-state index in [1.165, 1.54) is 5.56 Å². The highest BCUT2D eigenvalue weighted by atomic mass is 15.1. The van der Waals surface area contributed by atoms with Crippen molar-refractivity contribution in [2.75, 3.05) is 6.54 Å². The molecule has 2 aromatic heterocycles. The van der Waals surface area contributed by atoms with Crippen LogP contribution in [0.2, 0.25) is 0 Å². The van der Waals surface area contributed by atoms with Crippen LogP contribution in [0.5, 0.6) is 0 Å². The molecule has 4 heteroatoms. The van der Waals surface area contributed by atoms with E-state index in [-0.39, 0.29) is 0 Å². The Morgan fingerprint density at radius 2 is 2.05 bits per heavy atom. The molecule has 0 radical (unpaired) electrons. The molecule has 0 aliphatic heterocycles. The summed E-state index contributed by atoms with van der Waals surface area (Å²) in [6.45, 7) is 8.48. The Hall–Kier alpha value is -1.68. The average Bonchev–Trinajstić information content (AvgIpc) is 2.91. The average molecular weight is 286 g/mol. The van der Waals surface area contributed by atoms with E-state index in [0.29, 0.717) is 6.04 Å². The second-order valence-electron chi connectivity index (χ2n) is 5.48. The monoisotopic (exact) mass is 286 g/mol. The van der Waals surface area contributed by atoms with Crippen LogP contribution in [0.15, 0.2) is 30.7 Å². The van der Waals surface area contributed by atoms with E-state index < -0.39 is 0 Å². The third kappa shape index (κ3) is 4.39. The predicted molar refractivity (Wildman–Crippen MR) is 86.2 cm³/mol. The molecule has 1 N–H and O–H groups in total. The molecule has 2 aromatic rings. The summed E-state index contributed by atoms with van der Waals surface area (Å²) in [6, 6.07) is 4.57. The molecule has 0 aliphatic carbocycles. The van der Waals surface area contributed by atoms with Crippen LogP contribution in [0.3, 0.4) is 0 Å². The lowest BCUT2D eigenvalue weighted by Gasteiger charge is -2.19. The van der Waals surface area contributed by atoms with Crippen LogP contribution >= 0.6 is 0 Å². The van der Waals surface area contributed by atoms with Crippen LogP contribution < -0.4 is 5.32 Å². The molecule has 114 valence electrons. The Labute approximate surface area is 127 Å². The Morgan fingerprint density at radius 3 is 2.76 bits per heavy atom. The van der Waals surface area contributed by atoms with Gasteiger partial charge < -0.3 is 9.88 Å². The van der Waals surface area contributed by atoms with E-state index in [4.69, 9.17) is 0 Å². The first kappa shape index (κ1) is 15.7. The Balaban J connectivity index is 2.17. The van der Waals surface area contributed by atoms with Crippen molar-refractivity contribution in [3.05, 3.63) is 47.8 Å². The normalized spacial score (nSPS) is 12.5. The molecule has 21 heavy (non-hydrogen) atoms. The lowest BCUT2D eigenvalue weighted by atomic mass is 10.0. The van der Waals surface area contributed by atoms with Crippen LogP contribution in [-0.4, -0.2) is 21.1 Å². The Bertz CT molecular complexity index is 547. The number of nitrogens with zero attached hydrogens (tertiary/aromatic N) is 3. The van der Waals surface area contributed by atoms with Gasteiger partial charge in [0.05, 0.1) is 0 Å². The van der Waals surface area contributed by atoms with Gasteiger partial charge in [-0.25, -0.2) is 4.98 Å². The summed E-state index contributed by atoms with van der Waals surface area (Å²) < 4.78 is 2.26. The minimum Gasteiger partial charge on any atom is -0.335 e. The summed E-state index contributed by atoms with van der Waals surface area (Å²) in [6.07, 6.45) is 9.04. The quantitative estimate of drug-likeness (QED) is 0.810. The molecule has 0 saturated carbocycles. The first-order chi connectivity index (χ1) is 10.2. The fourth-order valence-corrected chi connectivity index (χ4v) is 2.57.